The maximum absolute atomic E-state index is 5.69. The minimum Gasteiger partial charge on any atom is -0.372 e. The standard InChI is InChI=1S/C8H15N5O/c1-8(2)6(9-4-5-14-8)7-10-11-12-13(7)3/h6,9H,4-5H2,1-3H3. The van der Waals surface area contributed by atoms with Crippen molar-refractivity contribution in [2.75, 3.05) is 13.2 Å². The van der Waals surface area contributed by atoms with Crippen molar-refractivity contribution in [1.82, 2.24) is 25.5 Å². The summed E-state index contributed by atoms with van der Waals surface area (Å²) in [5, 5.41) is 14.8. The summed E-state index contributed by atoms with van der Waals surface area (Å²) in [5.41, 5.74) is -0.263. The molecule has 0 bridgehead atoms. The summed E-state index contributed by atoms with van der Waals surface area (Å²) in [7, 11) is 1.84. The average Bonchev–Trinajstić information content (AvgIpc) is 2.51. The highest BCUT2D eigenvalue weighted by atomic mass is 16.5. The van der Waals surface area contributed by atoms with E-state index in [1.165, 1.54) is 0 Å². The second kappa shape index (κ2) is 3.29. The number of aromatic nitrogens is 4. The number of nitrogens with zero attached hydrogens (tertiary/aromatic N) is 4. The molecule has 1 aromatic rings. The van der Waals surface area contributed by atoms with Crippen LogP contribution >= 0.6 is 0 Å². The Kier molecular flexibility index (Phi) is 2.24. The highest BCUT2D eigenvalue weighted by Gasteiger charge is 2.37. The first-order valence-electron chi connectivity index (χ1n) is 4.71. The number of hydrogen-bond donors (Lipinski definition) is 1. The Morgan fingerprint density at radius 3 is 2.93 bits per heavy atom. The maximum atomic E-state index is 5.69. The first kappa shape index (κ1) is 9.54. The van der Waals surface area contributed by atoms with Gasteiger partial charge in [-0.25, -0.2) is 4.68 Å². The van der Waals surface area contributed by atoms with Gasteiger partial charge in [-0.2, -0.15) is 0 Å². The van der Waals surface area contributed by atoms with Gasteiger partial charge in [0.05, 0.1) is 18.2 Å². The van der Waals surface area contributed by atoms with Gasteiger partial charge in [-0.05, 0) is 24.3 Å². The van der Waals surface area contributed by atoms with Crippen LogP contribution in [0.2, 0.25) is 0 Å². The Bertz CT molecular complexity index is 321. The number of tetrazole rings is 1. The Hall–Kier alpha value is -1.01. The molecule has 0 amide bonds. The van der Waals surface area contributed by atoms with Crippen LogP contribution in [0.3, 0.4) is 0 Å². The third-order valence-corrected chi connectivity index (χ3v) is 2.53. The molecular weight excluding hydrogens is 182 g/mol. The molecule has 1 aliphatic heterocycles. The lowest BCUT2D eigenvalue weighted by atomic mass is 9.96. The van der Waals surface area contributed by atoms with Crippen molar-refractivity contribution in [3.05, 3.63) is 5.82 Å². The highest BCUT2D eigenvalue weighted by molar-refractivity contribution is 5.02. The molecular formula is C8H15N5O. The largest absolute Gasteiger partial charge is 0.372 e. The van der Waals surface area contributed by atoms with E-state index in [0.29, 0.717) is 0 Å². The molecule has 1 aromatic heterocycles. The minimum atomic E-state index is -0.263. The second-order valence-electron chi connectivity index (χ2n) is 4.00. The Labute approximate surface area is 82.6 Å². The van der Waals surface area contributed by atoms with E-state index in [9.17, 15) is 0 Å². The summed E-state index contributed by atoms with van der Waals surface area (Å²) in [6.07, 6.45) is 0. The lowest BCUT2D eigenvalue weighted by molar-refractivity contribution is -0.0752. The molecule has 1 aliphatic rings. The van der Waals surface area contributed by atoms with Crippen molar-refractivity contribution in [3.8, 4) is 0 Å². The number of nitrogens with one attached hydrogen (secondary N) is 1. The number of morpholine rings is 1. The Morgan fingerprint density at radius 1 is 1.57 bits per heavy atom. The molecule has 1 unspecified atom stereocenters. The van der Waals surface area contributed by atoms with Crippen molar-refractivity contribution in [2.24, 2.45) is 7.05 Å². The van der Waals surface area contributed by atoms with Crippen LogP contribution in [0.4, 0.5) is 0 Å². The van der Waals surface area contributed by atoms with Gasteiger partial charge in [-0.1, -0.05) is 0 Å². The molecule has 1 fully saturated rings. The number of rotatable bonds is 1. The zero-order valence-electron chi connectivity index (χ0n) is 8.69. The highest BCUT2D eigenvalue weighted by Crippen LogP contribution is 2.28. The van der Waals surface area contributed by atoms with Crippen LogP contribution in [0.25, 0.3) is 0 Å². The SMILES string of the molecule is Cn1nnnc1C1NCCOC1(C)C. The lowest BCUT2D eigenvalue weighted by Crippen LogP contribution is -2.49. The zero-order valence-corrected chi connectivity index (χ0v) is 8.69. The normalized spacial score (nSPS) is 26.4. The van der Waals surface area contributed by atoms with Gasteiger partial charge in [0.1, 0.15) is 0 Å². The molecule has 0 radical (unpaired) electrons. The smallest absolute Gasteiger partial charge is 0.170 e. The van der Waals surface area contributed by atoms with E-state index in [1.807, 2.05) is 20.9 Å². The lowest BCUT2D eigenvalue weighted by Gasteiger charge is -2.38. The van der Waals surface area contributed by atoms with Crippen molar-refractivity contribution in [2.45, 2.75) is 25.5 Å². The topological polar surface area (TPSA) is 64.9 Å². The number of aryl methyl sites for hydroxylation is 1. The van der Waals surface area contributed by atoms with Crippen molar-refractivity contribution in [1.29, 1.82) is 0 Å². The van der Waals surface area contributed by atoms with E-state index in [-0.39, 0.29) is 11.6 Å². The van der Waals surface area contributed by atoms with E-state index in [1.54, 1.807) is 4.68 Å². The van der Waals surface area contributed by atoms with Crippen LogP contribution in [0.1, 0.15) is 25.7 Å². The van der Waals surface area contributed by atoms with Crippen LogP contribution in [0.5, 0.6) is 0 Å². The average molecular weight is 197 g/mol. The molecule has 0 aliphatic carbocycles. The van der Waals surface area contributed by atoms with Gasteiger partial charge in [0.2, 0.25) is 0 Å². The van der Waals surface area contributed by atoms with Crippen molar-refractivity contribution in [3.63, 3.8) is 0 Å². The van der Waals surface area contributed by atoms with Gasteiger partial charge in [0.15, 0.2) is 5.82 Å². The Balaban J connectivity index is 2.28. The van der Waals surface area contributed by atoms with E-state index in [2.05, 4.69) is 20.8 Å². The third-order valence-electron chi connectivity index (χ3n) is 2.53. The first-order valence-corrected chi connectivity index (χ1v) is 4.71. The quantitative estimate of drug-likeness (QED) is 0.666. The summed E-state index contributed by atoms with van der Waals surface area (Å²) in [4.78, 5) is 0. The van der Waals surface area contributed by atoms with Gasteiger partial charge >= 0.3 is 0 Å². The fourth-order valence-electron chi connectivity index (χ4n) is 1.73. The molecule has 0 aromatic carbocycles. The molecule has 6 heteroatoms. The molecule has 6 nitrogen and oxygen atoms in total. The predicted molar refractivity (Wildman–Crippen MR) is 49.6 cm³/mol. The molecule has 0 spiro atoms. The number of hydrogen-bond acceptors (Lipinski definition) is 5. The summed E-state index contributed by atoms with van der Waals surface area (Å²) >= 11 is 0. The zero-order chi connectivity index (χ0) is 10.2. The molecule has 78 valence electrons. The number of ether oxygens (including phenoxy) is 1. The molecule has 14 heavy (non-hydrogen) atoms. The first-order chi connectivity index (χ1) is 6.61. The third kappa shape index (κ3) is 1.51. The molecule has 0 saturated carbocycles. The van der Waals surface area contributed by atoms with Crippen LogP contribution in [-0.2, 0) is 11.8 Å². The van der Waals surface area contributed by atoms with Gasteiger partial charge in [0, 0.05) is 13.6 Å². The van der Waals surface area contributed by atoms with Crippen molar-refractivity contribution >= 4 is 0 Å². The van der Waals surface area contributed by atoms with E-state index in [4.69, 9.17) is 4.74 Å². The van der Waals surface area contributed by atoms with Crippen molar-refractivity contribution < 1.29 is 4.74 Å². The molecule has 2 heterocycles. The Morgan fingerprint density at radius 2 is 2.36 bits per heavy atom. The molecule has 1 saturated heterocycles. The fraction of sp³-hybridized carbons (Fsp3) is 0.875. The van der Waals surface area contributed by atoms with Gasteiger partial charge in [-0.3, -0.25) is 0 Å². The molecule has 2 rings (SSSR count). The fourth-order valence-corrected chi connectivity index (χ4v) is 1.73. The van der Waals surface area contributed by atoms with E-state index in [0.717, 1.165) is 19.0 Å². The summed E-state index contributed by atoms with van der Waals surface area (Å²) in [6.45, 7) is 5.65. The predicted octanol–water partition coefficient (Wildman–Crippen LogP) is -0.350. The van der Waals surface area contributed by atoms with Gasteiger partial charge in [-0.15, -0.1) is 5.10 Å². The van der Waals surface area contributed by atoms with Crippen LogP contribution < -0.4 is 5.32 Å². The minimum absolute atomic E-state index is 0.0521. The maximum Gasteiger partial charge on any atom is 0.170 e. The van der Waals surface area contributed by atoms with Crippen LogP contribution in [0.15, 0.2) is 0 Å². The molecule has 1 N–H and O–H groups in total. The van der Waals surface area contributed by atoms with Crippen LogP contribution in [-0.4, -0.2) is 39.0 Å². The summed E-state index contributed by atoms with van der Waals surface area (Å²) in [6, 6.07) is 0.0521. The van der Waals surface area contributed by atoms with E-state index < -0.39 is 0 Å². The summed E-state index contributed by atoms with van der Waals surface area (Å²) < 4.78 is 7.36. The van der Waals surface area contributed by atoms with E-state index >= 15 is 0 Å². The van der Waals surface area contributed by atoms with Gasteiger partial charge in [0.25, 0.3) is 0 Å². The molecule has 1 atom stereocenters. The second-order valence-corrected chi connectivity index (χ2v) is 4.00. The van der Waals surface area contributed by atoms with Gasteiger partial charge < -0.3 is 10.1 Å². The summed E-state index contributed by atoms with van der Waals surface area (Å²) in [5.74, 6) is 0.815. The van der Waals surface area contributed by atoms with Crippen LogP contribution in [0, 0.1) is 0 Å². The monoisotopic (exact) mass is 197 g/mol.